The third-order valence-electron chi connectivity index (χ3n) is 6.84. The van der Waals surface area contributed by atoms with Crippen molar-refractivity contribution in [3.8, 4) is 5.75 Å². The molecule has 3 aromatic rings. The Hall–Kier alpha value is -3.64. The second-order valence-corrected chi connectivity index (χ2v) is 9.55. The number of amides is 2. The van der Waals surface area contributed by atoms with Gasteiger partial charge < -0.3 is 20.7 Å². The number of nitrogens with zero attached hydrogens (tertiary/aromatic N) is 1. The number of nitrogens with one attached hydrogen (secondary N) is 1. The van der Waals surface area contributed by atoms with Crippen LogP contribution in [-0.2, 0) is 29.0 Å². The maximum atomic E-state index is 13.6. The molecule has 0 saturated carbocycles. The number of primary amides is 1. The van der Waals surface area contributed by atoms with Crippen molar-refractivity contribution in [1.29, 1.82) is 0 Å². The first-order valence-electron chi connectivity index (χ1n) is 12.9. The molecule has 0 aliphatic heterocycles. The van der Waals surface area contributed by atoms with Gasteiger partial charge in [0.15, 0.2) is 0 Å². The molecule has 6 nitrogen and oxygen atoms in total. The number of aryl methyl sites for hydroxylation is 3. The van der Waals surface area contributed by atoms with E-state index in [1.165, 1.54) is 5.56 Å². The zero-order chi connectivity index (χ0) is 26.8. The van der Waals surface area contributed by atoms with Crippen molar-refractivity contribution in [3.63, 3.8) is 0 Å². The van der Waals surface area contributed by atoms with Crippen molar-refractivity contribution < 1.29 is 14.3 Å². The summed E-state index contributed by atoms with van der Waals surface area (Å²) < 4.78 is 6.02. The molecule has 0 saturated heterocycles. The van der Waals surface area contributed by atoms with E-state index in [4.69, 9.17) is 10.5 Å². The number of hydrogen-bond donors (Lipinski definition) is 2. The lowest BCUT2D eigenvalue weighted by Gasteiger charge is -2.31. The minimum atomic E-state index is -0.685. The Bertz CT molecular complexity index is 1140. The first kappa shape index (κ1) is 27.9. The van der Waals surface area contributed by atoms with E-state index in [0.717, 1.165) is 40.8 Å². The summed E-state index contributed by atoms with van der Waals surface area (Å²) in [7, 11) is 1.78. The van der Waals surface area contributed by atoms with Gasteiger partial charge in [-0.05, 0) is 87.0 Å². The average Bonchev–Trinajstić information content (AvgIpc) is 2.90. The molecule has 0 radical (unpaired) electrons. The van der Waals surface area contributed by atoms with Gasteiger partial charge in [-0.15, -0.1) is 0 Å². The average molecular weight is 502 g/mol. The van der Waals surface area contributed by atoms with Gasteiger partial charge in [0.1, 0.15) is 18.4 Å². The number of carbonyl (C=O) groups is 2. The lowest BCUT2D eigenvalue weighted by molar-refractivity contribution is -0.140. The van der Waals surface area contributed by atoms with Crippen molar-refractivity contribution in [1.82, 2.24) is 10.2 Å². The molecule has 0 bridgehead atoms. The lowest BCUT2D eigenvalue weighted by atomic mass is 9.95. The molecule has 196 valence electrons. The summed E-state index contributed by atoms with van der Waals surface area (Å²) in [6, 6.07) is 23.1. The maximum Gasteiger partial charge on any atom is 0.240 e. The van der Waals surface area contributed by atoms with E-state index >= 15 is 0 Å². The predicted molar refractivity (Wildman–Crippen MR) is 148 cm³/mol. The van der Waals surface area contributed by atoms with E-state index in [-0.39, 0.29) is 5.91 Å². The van der Waals surface area contributed by atoms with E-state index in [9.17, 15) is 9.59 Å². The first-order chi connectivity index (χ1) is 17.8. The van der Waals surface area contributed by atoms with E-state index in [2.05, 4.69) is 17.4 Å². The number of likely N-dealkylation sites (N-methyl/N-ethyl adjacent to an activating group) is 1. The zero-order valence-electron chi connectivity index (χ0n) is 22.4. The standard InChI is InChI=1S/C31H39N3O3/c1-22-18-27(37-21-26-14-9-6-10-15-26)19-23(2)28(22)20-29(33-4)31(36)34(24(3)30(32)35)17-11-16-25-12-7-5-8-13-25/h5-10,12-15,18-19,24,29,33H,11,16-17,20-21H2,1-4H3,(H2,32,35)/t24-,29+/m1/s1. The molecule has 0 unspecified atom stereocenters. The number of hydrogen-bond acceptors (Lipinski definition) is 4. The predicted octanol–water partition coefficient (Wildman–Crippen LogP) is 4.35. The van der Waals surface area contributed by atoms with Gasteiger partial charge in [-0.1, -0.05) is 60.7 Å². The Morgan fingerprint density at radius 1 is 0.946 bits per heavy atom. The number of carbonyl (C=O) groups excluding carboxylic acids is 2. The van der Waals surface area contributed by atoms with Crippen LogP contribution in [0.2, 0.25) is 0 Å². The van der Waals surface area contributed by atoms with Gasteiger partial charge in [0.25, 0.3) is 0 Å². The Kier molecular flexibility index (Phi) is 10.3. The number of rotatable bonds is 13. The monoisotopic (exact) mass is 501 g/mol. The topological polar surface area (TPSA) is 84.7 Å². The Labute approximate surface area is 220 Å². The van der Waals surface area contributed by atoms with Crippen molar-refractivity contribution in [2.24, 2.45) is 5.73 Å². The lowest BCUT2D eigenvalue weighted by Crippen LogP contribution is -2.53. The molecule has 0 aliphatic rings. The summed E-state index contributed by atoms with van der Waals surface area (Å²) in [5, 5.41) is 3.17. The van der Waals surface area contributed by atoms with Crippen molar-refractivity contribution in [2.45, 2.75) is 58.7 Å². The number of benzene rings is 3. The highest BCUT2D eigenvalue weighted by atomic mass is 16.5. The van der Waals surface area contributed by atoms with Gasteiger partial charge in [0.2, 0.25) is 11.8 Å². The molecular formula is C31H39N3O3. The number of ether oxygens (including phenoxy) is 1. The molecule has 3 aromatic carbocycles. The van der Waals surface area contributed by atoms with Crippen LogP contribution >= 0.6 is 0 Å². The molecule has 37 heavy (non-hydrogen) atoms. The maximum absolute atomic E-state index is 13.6. The van der Waals surface area contributed by atoms with E-state index in [0.29, 0.717) is 19.6 Å². The molecule has 2 atom stereocenters. The fourth-order valence-corrected chi connectivity index (χ4v) is 4.56. The second-order valence-electron chi connectivity index (χ2n) is 9.55. The SMILES string of the molecule is CN[C@@H](Cc1c(C)cc(OCc2ccccc2)cc1C)C(=O)N(CCCc1ccccc1)[C@H](C)C(N)=O. The van der Waals surface area contributed by atoms with Crippen LogP contribution in [0.3, 0.4) is 0 Å². The van der Waals surface area contributed by atoms with Crippen LogP contribution in [0.25, 0.3) is 0 Å². The molecule has 0 spiro atoms. The third kappa shape index (κ3) is 7.92. The molecule has 0 aliphatic carbocycles. The van der Waals surface area contributed by atoms with E-state index in [1.54, 1.807) is 18.9 Å². The van der Waals surface area contributed by atoms with Gasteiger partial charge in [0, 0.05) is 6.54 Å². The Morgan fingerprint density at radius 2 is 1.51 bits per heavy atom. The summed E-state index contributed by atoms with van der Waals surface area (Å²) in [5.41, 5.74) is 11.2. The molecule has 6 heteroatoms. The third-order valence-corrected chi connectivity index (χ3v) is 6.84. The van der Waals surface area contributed by atoms with Crippen LogP contribution < -0.4 is 15.8 Å². The molecular weight excluding hydrogens is 462 g/mol. The van der Waals surface area contributed by atoms with Gasteiger partial charge >= 0.3 is 0 Å². The number of nitrogens with two attached hydrogens (primary N) is 1. The van der Waals surface area contributed by atoms with Crippen LogP contribution in [-0.4, -0.2) is 42.4 Å². The fourth-order valence-electron chi connectivity index (χ4n) is 4.56. The summed E-state index contributed by atoms with van der Waals surface area (Å²) in [6.07, 6.45) is 2.07. The zero-order valence-corrected chi connectivity index (χ0v) is 22.4. The van der Waals surface area contributed by atoms with E-state index < -0.39 is 18.0 Å². The highest BCUT2D eigenvalue weighted by Gasteiger charge is 2.30. The minimum absolute atomic E-state index is 0.120. The highest BCUT2D eigenvalue weighted by Crippen LogP contribution is 2.24. The van der Waals surface area contributed by atoms with Crippen molar-refractivity contribution in [2.75, 3.05) is 13.6 Å². The quantitative estimate of drug-likeness (QED) is 0.365. The van der Waals surface area contributed by atoms with Gasteiger partial charge in [0.05, 0.1) is 6.04 Å². The fraction of sp³-hybridized carbons (Fsp3) is 0.355. The van der Waals surface area contributed by atoms with Crippen molar-refractivity contribution >= 4 is 11.8 Å². The molecule has 0 aromatic heterocycles. The molecule has 0 fully saturated rings. The molecule has 3 N–H and O–H groups in total. The van der Waals surface area contributed by atoms with Crippen LogP contribution in [0.15, 0.2) is 72.8 Å². The normalized spacial score (nSPS) is 12.5. The summed E-state index contributed by atoms with van der Waals surface area (Å²) in [5.74, 6) is 0.181. The smallest absolute Gasteiger partial charge is 0.240 e. The molecule has 3 rings (SSSR count). The first-order valence-corrected chi connectivity index (χ1v) is 12.9. The second kappa shape index (κ2) is 13.6. The van der Waals surface area contributed by atoms with Gasteiger partial charge in [-0.25, -0.2) is 0 Å². The van der Waals surface area contributed by atoms with E-state index in [1.807, 2.05) is 74.5 Å². The molecule has 0 heterocycles. The van der Waals surface area contributed by atoms with Gasteiger partial charge in [-0.3, -0.25) is 9.59 Å². The minimum Gasteiger partial charge on any atom is -0.489 e. The van der Waals surface area contributed by atoms with Crippen LogP contribution in [0.4, 0.5) is 0 Å². The van der Waals surface area contributed by atoms with Crippen LogP contribution in [0.1, 0.15) is 41.2 Å². The Balaban J connectivity index is 1.70. The van der Waals surface area contributed by atoms with Crippen molar-refractivity contribution in [3.05, 3.63) is 101 Å². The highest BCUT2D eigenvalue weighted by molar-refractivity contribution is 5.89. The van der Waals surface area contributed by atoms with Crippen LogP contribution in [0.5, 0.6) is 5.75 Å². The summed E-state index contributed by atoms with van der Waals surface area (Å²) >= 11 is 0. The Morgan fingerprint density at radius 3 is 2.05 bits per heavy atom. The summed E-state index contributed by atoms with van der Waals surface area (Å²) in [4.78, 5) is 27.3. The van der Waals surface area contributed by atoms with Gasteiger partial charge in [-0.2, -0.15) is 0 Å². The molecule has 2 amide bonds. The van der Waals surface area contributed by atoms with Crippen LogP contribution in [0, 0.1) is 13.8 Å². The summed E-state index contributed by atoms with van der Waals surface area (Å²) in [6.45, 7) is 6.74. The largest absolute Gasteiger partial charge is 0.489 e.